The number of nitrogens with one attached hydrogen (secondary N) is 2. The molecule has 2 N–H and O–H groups in total. The Labute approximate surface area is 105 Å². The number of anilines is 1. The van der Waals surface area contributed by atoms with E-state index in [0.29, 0.717) is 17.5 Å². The van der Waals surface area contributed by atoms with Crippen molar-refractivity contribution >= 4 is 17.4 Å². The van der Waals surface area contributed by atoms with E-state index in [4.69, 9.17) is 11.6 Å². The first-order valence-electron chi connectivity index (χ1n) is 5.31. The van der Waals surface area contributed by atoms with Crippen molar-refractivity contribution in [3.05, 3.63) is 34.0 Å². The summed E-state index contributed by atoms with van der Waals surface area (Å²) >= 11 is 6.02. The van der Waals surface area contributed by atoms with Gasteiger partial charge in [0.1, 0.15) is 0 Å². The SMILES string of the molecule is Cc1nc(Cl)c(NCc2cn[nH]c2C)nc1C. The van der Waals surface area contributed by atoms with Crippen LogP contribution < -0.4 is 5.32 Å². The van der Waals surface area contributed by atoms with Gasteiger partial charge >= 0.3 is 0 Å². The minimum absolute atomic E-state index is 0.397. The third-order valence-electron chi connectivity index (χ3n) is 2.64. The summed E-state index contributed by atoms with van der Waals surface area (Å²) in [5.74, 6) is 0.607. The van der Waals surface area contributed by atoms with Crippen molar-refractivity contribution in [1.82, 2.24) is 20.2 Å². The van der Waals surface area contributed by atoms with E-state index < -0.39 is 0 Å². The third kappa shape index (κ3) is 2.55. The number of rotatable bonds is 3. The van der Waals surface area contributed by atoms with Gasteiger partial charge in [0.15, 0.2) is 11.0 Å². The molecule has 2 heterocycles. The molecule has 0 spiro atoms. The van der Waals surface area contributed by atoms with Crippen LogP contribution in [0, 0.1) is 20.8 Å². The van der Waals surface area contributed by atoms with Crippen molar-refractivity contribution in [3.8, 4) is 0 Å². The number of hydrogen-bond acceptors (Lipinski definition) is 4. The van der Waals surface area contributed by atoms with Crippen LogP contribution >= 0.6 is 11.6 Å². The fraction of sp³-hybridized carbons (Fsp3) is 0.364. The standard InChI is InChI=1S/C11H14ClN5/c1-6-7(2)16-11(10(12)15-6)13-4-9-5-14-17-8(9)3/h5H,4H2,1-3H3,(H,13,16)(H,14,17). The van der Waals surface area contributed by atoms with Crippen LogP contribution in [0.2, 0.25) is 5.15 Å². The van der Waals surface area contributed by atoms with Crippen LogP contribution in [0.25, 0.3) is 0 Å². The van der Waals surface area contributed by atoms with Crippen molar-refractivity contribution in [3.63, 3.8) is 0 Å². The highest BCUT2D eigenvalue weighted by Crippen LogP contribution is 2.19. The molecule has 90 valence electrons. The van der Waals surface area contributed by atoms with E-state index in [2.05, 4.69) is 25.5 Å². The molecule has 2 rings (SSSR count). The molecule has 6 heteroatoms. The van der Waals surface area contributed by atoms with E-state index in [1.165, 1.54) is 0 Å². The molecule has 2 aromatic rings. The number of aromatic nitrogens is 4. The summed E-state index contributed by atoms with van der Waals surface area (Å²) < 4.78 is 0. The molecule has 0 fully saturated rings. The molecule has 5 nitrogen and oxygen atoms in total. The Kier molecular flexibility index (Phi) is 3.28. The van der Waals surface area contributed by atoms with E-state index in [1.807, 2.05) is 20.8 Å². The molecule has 0 aromatic carbocycles. The van der Waals surface area contributed by atoms with Crippen molar-refractivity contribution in [2.45, 2.75) is 27.3 Å². The van der Waals surface area contributed by atoms with Gasteiger partial charge in [-0.2, -0.15) is 5.10 Å². The molecule has 0 radical (unpaired) electrons. The summed E-state index contributed by atoms with van der Waals surface area (Å²) in [4.78, 5) is 8.58. The maximum absolute atomic E-state index is 6.02. The van der Waals surface area contributed by atoms with Crippen LogP contribution in [0.3, 0.4) is 0 Å². The van der Waals surface area contributed by atoms with Crippen molar-refractivity contribution in [2.75, 3.05) is 5.32 Å². The Bertz CT molecular complexity index is 535. The van der Waals surface area contributed by atoms with Crippen LogP contribution in [0.1, 0.15) is 22.6 Å². The molecule has 2 aromatic heterocycles. The summed E-state index contributed by atoms with van der Waals surface area (Å²) in [7, 11) is 0. The molecule has 0 aliphatic carbocycles. The van der Waals surface area contributed by atoms with Gasteiger partial charge in [-0.1, -0.05) is 11.6 Å². The average molecular weight is 252 g/mol. The van der Waals surface area contributed by atoms with Crippen molar-refractivity contribution in [1.29, 1.82) is 0 Å². The molecule has 0 aliphatic rings. The molecule has 0 saturated carbocycles. The number of H-pyrrole nitrogens is 1. The average Bonchev–Trinajstić information content (AvgIpc) is 2.68. The Balaban J connectivity index is 2.14. The predicted molar refractivity (Wildman–Crippen MR) is 67.2 cm³/mol. The number of halogens is 1. The summed E-state index contributed by atoms with van der Waals surface area (Å²) in [6, 6.07) is 0. The molecule has 17 heavy (non-hydrogen) atoms. The number of nitrogens with zero attached hydrogens (tertiary/aromatic N) is 3. The van der Waals surface area contributed by atoms with Crippen molar-refractivity contribution < 1.29 is 0 Å². The topological polar surface area (TPSA) is 66.5 Å². The minimum Gasteiger partial charge on any atom is -0.363 e. The van der Waals surface area contributed by atoms with Crippen LogP contribution in [0.4, 0.5) is 5.82 Å². The summed E-state index contributed by atoms with van der Waals surface area (Å²) in [5, 5.41) is 10.4. The number of aromatic amines is 1. The van der Waals surface area contributed by atoms with Gasteiger partial charge in [-0.15, -0.1) is 0 Å². The van der Waals surface area contributed by atoms with Gasteiger partial charge in [-0.05, 0) is 20.8 Å². The third-order valence-corrected chi connectivity index (χ3v) is 2.91. The maximum Gasteiger partial charge on any atom is 0.171 e. The zero-order chi connectivity index (χ0) is 12.4. The lowest BCUT2D eigenvalue weighted by atomic mass is 10.2. The summed E-state index contributed by atoms with van der Waals surface area (Å²) in [6.07, 6.45) is 1.78. The van der Waals surface area contributed by atoms with Crippen LogP contribution in [0.5, 0.6) is 0 Å². The zero-order valence-corrected chi connectivity index (χ0v) is 10.8. The summed E-state index contributed by atoms with van der Waals surface area (Å²) in [6.45, 7) is 6.39. The molecule has 0 atom stereocenters. The van der Waals surface area contributed by atoms with Gasteiger partial charge in [-0.3, -0.25) is 5.10 Å². The Morgan fingerprint density at radius 2 is 1.94 bits per heavy atom. The quantitative estimate of drug-likeness (QED) is 0.879. The summed E-state index contributed by atoms with van der Waals surface area (Å²) in [5.41, 5.74) is 3.84. The molecular formula is C11H14ClN5. The normalized spacial score (nSPS) is 10.6. The minimum atomic E-state index is 0.397. The maximum atomic E-state index is 6.02. The first kappa shape index (κ1) is 11.9. The second-order valence-electron chi connectivity index (χ2n) is 3.91. The Hall–Kier alpha value is -1.62. The molecular weight excluding hydrogens is 238 g/mol. The molecule has 0 amide bonds. The lowest BCUT2D eigenvalue weighted by Crippen LogP contribution is -2.05. The van der Waals surface area contributed by atoms with Gasteiger partial charge < -0.3 is 5.32 Å². The van der Waals surface area contributed by atoms with Crippen LogP contribution in [-0.2, 0) is 6.54 Å². The van der Waals surface area contributed by atoms with E-state index >= 15 is 0 Å². The molecule has 0 saturated heterocycles. The van der Waals surface area contributed by atoms with Crippen LogP contribution in [-0.4, -0.2) is 20.2 Å². The Morgan fingerprint density at radius 3 is 2.59 bits per heavy atom. The first-order valence-corrected chi connectivity index (χ1v) is 5.69. The predicted octanol–water partition coefficient (Wildman–Crippen LogP) is 2.39. The molecule has 0 aliphatic heterocycles. The van der Waals surface area contributed by atoms with E-state index in [0.717, 1.165) is 22.6 Å². The fourth-order valence-corrected chi connectivity index (χ4v) is 1.66. The highest BCUT2D eigenvalue weighted by Gasteiger charge is 2.07. The van der Waals surface area contributed by atoms with Gasteiger partial charge in [0.05, 0.1) is 17.6 Å². The van der Waals surface area contributed by atoms with Gasteiger partial charge in [0, 0.05) is 17.8 Å². The number of aryl methyl sites for hydroxylation is 3. The van der Waals surface area contributed by atoms with E-state index in [-0.39, 0.29) is 0 Å². The lowest BCUT2D eigenvalue weighted by Gasteiger charge is -2.08. The van der Waals surface area contributed by atoms with Crippen molar-refractivity contribution in [2.24, 2.45) is 0 Å². The second kappa shape index (κ2) is 4.71. The highest BCUT2D eigenvalue weighted by molar-refractivity contribution is 6.31. The highest BCUT2D eigenvalue weighted by atomic mass is 35.5. The van der Waals surface area contributed by atoms with E-state index in [9.17, 15) is 0 Å². The first-order chi connectivity index (χ1) is 8.08. The van der Waals surface area contributed by atoms with Crippen LogP contribution in [0.15, 0.2) is 6.20 Å². The monoisotopic (exact) mass is 251 g/mol. The number of hydrogen-bond donors (Lipinski definition) is 2. The van der Waals surface area contributed by atoms with Gasteiger partial charge in [0.2, 0.25) is 0 Å². The lowest BCUT2D eigenvalue weighted by molar-refractivity contribution is 1.01. The van der Waals surface area contributed by atoms with E-state index in [1.54, 1.807) is 6.20 Å². The van der Waals surface area contributed by atoms with Gasteiger partial charge in [0.25, 0.3) is 0 Å². The fourth-order valence-electron chi connectivity index (χ4n) is 1.42. The van der Waals surface area contributed by atoms with Gasteiger partial charge in [-0.25, -0.2) is 9.97 Å². The Morgan fingerprint density at radius 1 is 1.24 bits per heavy atom. The second-order valence-corrected chi connectivity index (χ2v) is 4.27. The zero-order valence-electron chi connectivity index (χ0n) is 10.0. The molecule has 0 unspecified atom stereocenters. The molecule has 0 bridgehead atoms. The largest absolute Gasteiger partial charge is 0.363 e. The smallest absolute Gasteiger partial charge is 0.171 e.